The molecular weight excluding hydrogens is 484 g/mol. The van der Waals surface area contributed by atoms with Gasteiger partial charge in [-0.15, -0.1) is 0 Å². The van der Waals surface area contributed by atoms with Gasteiger partial charge in [0, 0.05) is 18.6 Å². The minimum Gasteiger partial charge on any atom is -0.383 e. The second-order valence-electron chi connectivity index (χ2n) is 11.6. The molecule has 3 aromatic carbocycles. The Hall–Kier alpha value is -2.24. The fourth-order valence-corrected chi connectivity index (χ4v) is 13.1. The Kier molecular flexibility index (Phi) is 8.98. The summed E-state index contributed by atoms with van der Waals surface area (Å²) < 4.78 is 20.6. The van der Waals surface area contributed by atoms with E-state index in [1.54, 1.807) is 0 Å². The van der Waals surface area contributed by atoms with Gasteiger partial charge in [-0.3, -0.25) is 0 Å². The Morgan fingerprint density at radius 3 is 1.76 bits per heavy atom. The molecule has 3 nitrogen and oxygen atoms in total. The van der Waals surface area contributed by atoms with Crippen molar-refractivity contribution in [2.45, 2.75) is 93.3 Å². The van der Waals surface area contributed by atoms with Crippen molar-refractivity contribution in [3.8, 4) is 0 Å². The van der Waals surface area contributed by atoms with Crippen LogP contribution < -0.4 is 10.4 Å². The van der Waals surface area contributed by atoms with Gasteiger partial charge in [-0.05, 0) is 92.6 Å². The number of benzene rings is 3. The number of ether oxygens (including phenoxy) is 2. The summed E-state index contributed by atoms with van der Waals surface area (Å²) >= 11 is 0. The molecule has 1 fully saturated rings. The summed E-state index contributed by atoms with van der Waals surface area (Å²) in [7, 11) is -2.85. The van der Waals surface area contributed by atoms with E-state index in [9.17, 15) is 0 Å². The van der Waals surface area contributed by atoms with Gasteiger partial charge in [-0.2, -0.15) is 0 Å². The van der Waals surface area contributed by atoms with E-state index in [0.717, 1.165) is 6.42 Å². The largest absolute Gasteiger partial charge is 0.383 e. The van der Waals surface area contributed by atoms with Crippen LogP contribution in [0.4, 0.5) is 0 Å². The van der Waals surface area contributed by atoms with Gasteiger partial charge in [0.2, 0.25) is 0 Å². The zero-order valence-electron chi connectivity index (χ0n) is 24.9. The van der Waals surface area contributed by atoms with Gasteiger partial charge in [0.25, 0.3) is 8.32 Å². The SMILES string of the molecule is CCOC1CC([C@H](OCc2ccccc2)C(C)C)[Si](c2c(C)cc(C)cc2C)(c2c(C)cc(C)cc2C)O1. The lowest BCUT2D eigenvalue weighted by Crippen LogP contribution is -2.67. The zero-order chi connectivity index (χ0) is 27.6. The molecule has 38 heavy (non-hydrogen) atoms. The van der Waals surface area contributed by atoms with Crippen LogP contribution in [-0.2, 0) is 20.5 Å². The van der Waals surface area contributed by atoms with Gasteiger partial charge in [-0.25, -0.2) is 0 Å². The summed E-state index contributed by atoms with van der Waals surface area (Å²) in [6.07, 6.45) is 0.642. The van der Waals surface area contributed by atoms with E-state index in [1.165, 1.54) is 49.3 Å². The smallest absolute Gasteiger partial charge is 0.266 e. The third-order valence-electron chi connectivity index (χ3n) is 8.07. The summed E-state index contributed by atoms with van der Waals surface area (Å²) in [5.41, 5.74) is 9.29. The van der Waals surface area contributed by atoms with Crippen molar-refractivity contribution >= 4 is 18.7 Å². The van der Waals surface area contributed by atoms with Crippen LogP contribution in [0.3, 0.4) is 0 Å². The van der Waals surface area contributed by atoms with Crippen LogP contribution in [-0.4, -0.2) is 27.3 Å². The van der Waals surface area contributed by atoms with Crippen LogP contribution in [0.2, 0.25) is 5.54 Å². The highest BCUT2D eigenvalue weighted by Gasteiger charge is 2.60. The predicted octanol–water partition coefficient (Wildman–Crippen LogP) is 6.99. The molecule has 4 heteroatoms. The Balaban J connectivity index is 1.98. The van der Waals surface area contributed by atoms with E-state index in [4.69, 9.17) is 13.9 Å². The molecule has 0 bridgehead atoms. The second kappa shape index (κ2) is 11.9. The first-order chi connectivity index (χ1) is 18.1. The average Bonchev–Trinajstić information content (AvgIpc) is 3.17. The number of rotatable bonds is 9. The van der Waals surface area contributed by atoms with Gasteiger partial charge in [0.15, 0.2) is 0 Å². The minimum absolute atomic E-state index is 0.0348. The van der Waals surface area contributed by atoms with Gasteiger partial charge >= 0.3 is 0 Å². The van der Waals surface area contributed by atoms with E-state index >= 15 is 0 Å². The van der Waals surface area contributed by atoms with Gasteiger partial charge in [-0.1, -0.05) is 79.6 Å². The lowest BCUT2D eigenvalue weighted by Gasteiger charge is -2.41. The Morgan fingerprint density at radius 1 is 0.816 bits per heavy atom. The van der Waals surface area contributed by atoms with Crippen LogP contribution in [0.15, 0.2) is 54.6 Å². The zero-order valence-corrected chi connectivity index (χ0v) is 25.9. The van der Waals surface area contributed by atoms with Crippen LogP contribution >= 0.6 is 0 Å². The van der Waals surface area contributed by atoms with Crippen LogP contribution in [0.25, 0.3) is 0 Å². The first-order valence-corrected chi connectivity index (χ1v) is 16.2. The molecular formula is C34H46O3Si. The van der Waals surface area contributed by atoms with Crippen molar-refractivity contribution in [2.24, 2.45) is 5.92 Å². The Morgan fingerprint density at radius 2 is 1.32 bits per heavy atom. The summed E-state index contributed by atoms with van der Waals surface area (Å²) in [5, 5.41) is 2.80. The molecule has 1 saturated heterocycles. The Bertz CT molecular complexity index is 1150. The third kappa shape index (κ3) is 5.55. The molecule has 4 rings (SSSR count). The van der Waals surface area contributed by atoms with Crippen molar-refractivity contribution < 1.29 is 13.9 Å². The maximum absolute atomic E-state index is 7.40. The van der Waals surface area contributed by atoms with E-state index < -0.39 is 8.32 Å². The molecule has 1 aliphatic rings. The highest BCUT2D eigenvalue weighted by molar-refractivity contribution is 7.00. The standard InChI is InChI=1S/C34H46O3Si/c1-10-35-31-20-30(32(22(2)3)36-21-29-14-12-11-13-15-29)38(37-31,33-25(6)16-23(4)17-26(33)7)34-27(8)18-24(5)19-28(34)9/h11-19,22,30-32H,10,20-21H2,1-9H3/t30?,31?,32-/m1/s1. The van der Waals surface area contributed by atoms with E-state index in [2.05, 4.69) is 117 Å². The average molecular weight is 531 g/mol. The van der Waals surface area contributed by atoms with Gasteiger partial charge < -0.3 is 13.9 Å². The topological polar surface area (TPSA) is 27.7 Å². The highest BCUT2D eigenvalue weighted by atomic mass is 28.4. The van der Waals surface area contributed by atoms with E-state index in [0.29, 0.717) is 19.1 Å². The van der Waals surface area contributed by atoms with E-state index in [1.807, 2.05) is 0 Å². The van der Waals surface area contributed by atoms with Crippen molar-refractivity contribution in [2.75, 3.05) is 6.61 Å². The quantitative estimate of drug-likeness (QED) is 0.279. The normalized spacial score (nSPS) is 19.7. The molecule has 0 aliphatic carbocycles. The minimum atomic E-state index is -2.85. The molecule has 0 N–H and O–H groups in total. The molecule has 0 aromatic heterocycles. The monoisotopic (exact) mass is 530 g/mol. The highest BCUT2D eigenvalue weighted by Crippen LogP contribution is 2.45. The molecule has 1 aliphatic heterocycles. The summed E-state index contributed by atoms with van der Waals surface area (Å²) in [6, 6.07) is 19.9. The first-order valence-electron chi connectivity index (χ1n) is 14.2. The van der Waals surface area contributed by atoms with Crippen LogP contribution in [0.1, 0.15) is 66.1 Å². The summed E-state index contributed by atoms with van der Waals surface area (Å²) in [5.74, 6) is 0.330. The lowest BCUT2D eigenvalue weighted by atomic mass is 10.0. The van der Waals surface area contributed by atoms with Crippen molar-refractivity contribution in [1.82, 2.24) is 0 Å². The van der Waals surface area contributed by atoms with E-state index in [-0.39, 0.29) is 17.9 Å². The lowest BCUT2D eigenvalue weighted by molar-refractivity contribution is -0.0705. The molecule has 0 spiro atoms. The molecule has 0 radical (unpaired) electrons. The summed E-state index contributed by atoms with van der Waals surface area (Å²) in [4.78, 5) is 0. The molecule has 3 aromatic rings. The predicted molar refractivity (Wildman–Crippen MR) is 161 cm³/mol. The third-order valence-corrected chi connectivity index (χ3v) is 13.4. The number of aryl methyl sites for hydroxylation is 6. The number of hydrogen-bond donors (Lipinski definition) is 0. The van der Waals surface area contributed by atoms with Gasteiger partial charge in [0.1, 0.15) is 6.29 Å². The second-order valence-corrected chi connectivity index (χ2v) is 15.1. The van der Waals surface area contributed by atoms with Crippen LogP contribution in [0, 0.1) is 47.5 Å². The maximum atomic E-state index is 7.40. The first kappa shape index (κ1) is 28.8. The number of hydrogen-bond acceptors (Lipinski definition) is 3. The molecule has 0 amide bonds. The molecule has 2 unspecified atom stereocenters. The van der Waals surface area contributed by atoms with Crippen molar-refractivity contribution in [3.63, 3.8) is 0 Å². The van der Waals surface area contributed by atoms with Crippen molar-refractivity contribution in [1.29, 1.82) is 0 Å². The fraction of sp³-hybridized carbons (Fsp3) is 0.471. The Labute approximate surface area is 231 Å². The summed E-state index contributed by atoms with van der Waals surface area (Å²) in [6.45, 7) is 21.4. The van der Waals surface area contributed by atoms with Crippen LogP contribution in [0.5, 0.6) is 0 Å². The molecule has 0 saturated carbocycles. The molecule has 204 valence electrons. The van der Waals surface area contributed by atoms with Gasteiger partial charge in [0.05, 0.1) is 12.7 Å². The molecule has 3 atom stereocenters. The molecule has 1 heterocycles. The fourth-order valence-electron chi connectivity index (χ4n) is 7.05. The van der Waals surface area contributed by atoms with Crippen molar-refractivity contribution in [3.05, 3.63) is 93.5 Å². The maximum Gasteiger partial charge on any atom is 0.266 e.